The van der Waals surface area contributed by atoms with E-state index in [9.17, 15) is 4.79 Å². The van der Waals surface area contributed by atoms with Crippen LogP contribution >= 0.6 is 23.2 Å². The van der Waals surface area contributed by atoms with Gasteiger partial charge in [-0.1, -0.05) is 0 Å². The van der Waals surface area contributed by atoms with E-state index < -0.39 is 0 Å². The molecule has 1 amide bonds. The van der Waals surface area contributed by atoms with Crippen LogP contribution in [0.1, 0.15) is 0 Å². The second-order valence-electron chi connectivity index (χ2n) is 5.02. The summed E-state index contributed by atoms with van der Waals surface area (Å²) in [7, 11) is 0. The topological polar surface area (TPSA) is 89.5 Å². The Hall–Kier alpha value is -2.16. The lowest BCUT2D eigenvalue weighted by Gasteiger charge is -2.26. The number of nitrogens with zero attached hydrogens (tertiary/aromatic N) is 4. The van der Waals surface area contributed by atoms with Crippen molar-refractivity contribution >= 4 is 46.4 Å². The number of alkyl halides is 1. The molecule has 10 heteroatoms. The number of aromatic nitrogens is 3. The van der Waals surface area contributed by atoms with Gasteiger partial charge in [0, 0.05) is 17.9 Å². The predicted octanol–water partition coefficient (Wildman–Crippen LogP) is 2.25. The van der Waals surface area contributed by atoms with Gasteiger partial charge in [0.25, 0.3) is 5.91 Å². The molecule has 0 radical (unpaired) electrons. The van der Waals surface area contributed by atoms with Gasteiger partial charge >= 0.3 is 6.01 Å². The van der Waals surface area contributed by atoms with Crippen LogP contribution in [-0.2, 0) is 9.53 Å². The molecule has 0 bridgehead atoms. The molecular formula is C15H15Cl2N5O3. The zero-order chi connectivity index (χ0) is 17.6. The van der Waals surface area contributed by atoms with Crippen LogP contribution < -0.4 is 15.0 Å². The van der Waals surface area contributed by atoms with Gasteiger partial charge in [0.15, 0.2) is 0 Å². The smallest absolute Gasteiger partial charge is 0.322 e. The maximum atomic E-state index is 11.9. The zero-order valence-electron chi connectivity index (χ0n) is 13.1. The maximum absolute atomic E-state index is 11.9. The number of carbonyl (C=O) groups excluding carboxylic acids is 1. The number of rotatable bonds is 6. The van der Waals surface area contributed by atoms with Gasteiger partial charge in [0.05, 0.1) is 12.5 Å². The Labute approximate surface area is 154 Å². The molecule has 1 aromatic carbocycles. The van der Waals surface area contributed by atoms with E-state index in [1.807, 2.05) is 24.3 Å². The lowest BCUT2D eigenvalue weighted by Crippen LogP contribution is -2.41. The van der Waals surface area contributed by atoms with Gasteiger partial charge in [-0.05, 0) is 35.9 Å². The van der Waals surface area contributed by atoms with Crippen LogP contribution in [0, 0.1) is 0 Å². The lowest BCUT2D eigenvalue weighted by atomic mass is 10.2. The molecule has 1 aromatic heterocycles. The van der Waals surface area contributed by atoms with Crippen LogP contribution in [0.15, 0.2) is 24.3 Å². The first-order valence-corrected chi connectivity index (χ1v) is 8.42. The fourth-order valence-corrected chi connectivity index (χ4v) is 2.46. The zero-order valence-corrected chi connectivity index (χ0v) is 14.6. The van der Waals surface area contributed by atoms with Crippen LogP contribution in [0.5, 0.6) is 6.01 Å². The van der Waals surface area contributed by atoms with Crippen LogP contribution in [-0.4, -0.2) is 53.1 Å². The summed E-state index contributed by atoms with van der Waals surface area (Å²) in [5, 5.41) is 3.03. The highest BCUT2D eigenvalue weighted by molar-refractivity contribution is 6.28. The first-order chi connectivity index (χ1) is 12.2. The van der Waals surface area contributed by atoms with E-state index in [-0.39, 0.29) is 36.4 Å². The van der Waals surface area contributed by atoms with E-state index in [1.54, 1.807) is 4.90 Å². The quantitative estimate of drug-likeness (QED) is 0.764. The normalized spacial score (nSPS) is 14.5. The molecule has 1 saturated heterocycles. The summed E-state index contributed by atoms with van der Waals surface area (Å²) in [6, 6.07) is 7.39. The predicted molar refractivity (Wildman–Crippen MR) is 93.9 cm³/mol. The van der Waals surface area contributed by atoms with Crippen LogP contribution in [0.3, 0.4) is 0 Å². The SMILES string of the molecule is O=C1COCCN1c1ccc(Nc2nc(Cl)nc(OCCCl)n2)cc1. The average molecular weight is 384 g/mol. The van der Waals surface area contributed by atoms with Crippen molar-refractivity contribution in [3.05, 3.63) is 29.5 Å². The fourth-order valence-electron chi connectivity index (χ4n) is 2.23. The molecular weight excluding hydrogens is 369 g/mol. The highest BCUT2D eigenvalue weighted by Gasteiger charge is 2.19. The Balaban J connectivity index is 1.71. The molecule has 1 N–H and O–H groups in total. The van der Waals surface area contributed by atoms with E-state index in [1.165, 1.54) is 0 Å². The molecule has 1 fully saturated rings. The summed E-state index contributed by atoms with van der Waals surface area (Å²) in [5.74, 6) is 0.505. The van der Waals surface area contributed by atoms with Gasteiger partial charge in [-0.2, -0.15) is 15.0 Å². The summed E-state index contributed by atoms with van der Waals surface area (Å²) >= 11 is 11.4. The number of nitrogens with one attached hydrogen (secondary N) is 1. The molecule has 0 aliphatic carbocycles. The van der Waals surface area contributed by atoms with Gasteiger partial charge in [-0.25, -0.2) is 0 Å². The first kappa shape index (κ1) is 17.7. The van der Waals surface area contributed by atoms with E-state index in [2.05, 4.69) is 20.3 Å². The molecule has 2 heterocycles. The third-order valence-corrected chi connectivity index (χ3v) is 3.64. The number of ether oxygens (including phenoxy) is 2. The Bertz CT molecular complexity index is 744. The monoisotopic (exact) mass is 383 g/mol. The Morgan fingerprint density at radius 2 is 2.04 bits per heavy atom. The Kier molecular flexibility index (Phi) is 5.85. The molecule has 25 heavy (non-hydrogen) atoms. The Morgan fingerprint density at radius 3 is 2.76 bits per heavy atom. The number of halogens is 2. The maximum Gasteiger partial charge on any atom is 0.322 e. The van der Waals surface area contributed by atoms with E-state index in [0.717, 1.165) is 11.4 Å². The number of anilines is 3. The number of morpholine rings is 1. The average Bonchev–Trinajstić information content (AvgIpc) is 2.61. The summed E-state index contributed by atoms with van der Waals surface area (Å²) in [4.78, 5) is 25.5. The first-order valence-electron chi connectivity index (χ1n) is 7.51. The van der Waals surface area contributed by atoms with E-state index in [4.69, 9.17) is 32.7 Å². The van der Waals surface area contributed by atoms with Crippen molar-refractivity contribution in [3.8, 4) is 6.01 Å². The van der Waals surface area contributed by atoms with Gasteiger partial charge in [-0.15, -0.1) is 11.6 Å². The summed E-state index contributed by atoms with van der Waals surface area (Å²) in [6.45, 7) is 1.44. The molecule has 0 unspecified atom stereocenters. The second-order valence-corrected chi connectivity index (χ2v) is 5.73. The molecule has 0 saturated carbocycles. The highest BCUT2D eigenvalue weighted by atomic mass is 35.5. The number of carbonyl (C=O) groups is 1. The number of amides is 1. The number of benzene rings is 1. The van der Waals surface area contributed by atoms with Gasteiger partial charge in [-0.3, -0.25) is 4.79 Å². The summed E-state index contributed by atoms with van der Waals surface area (Å²) in [6.07, 6.45) is 0. The molecule has 1 aliphatic heterocycles. The number of hydrogen-bond acceptors (Lipinski definition) is 7. The van der Waals surface area contributed by atoms with Crippen molar-refractivity contribution in [1.29, 1.82) is 0 Å². The Morgan fingerprint density at radius 1 is 1.24 bits per heavy atom. The van der Waals surface area contributed by atoms with Gasteiger partial charge in [0.2, 0.25) is 11.2 Å². The minimum absolute atomic E-state index is 0.0117. The standard InChI is InChI=1S/C15H15Cl2N5O3/c16-5-7-25-15-20-13(17)19-14(21-15)18-10-1-3-11(4-2-10)22-6-8-24-9-12(22)23/h1-4H,5-9H2,(H,18,19,20,21). The van der Waals surface area contributed by atoms with Gasteiger partial charge < -0.3 is 19.7 Å². The minimum Gasteiger partial charge on any atom is -0.462 e. The van der Waals surface area contributed by atoms with Crippen LogP contribution in [0.25, 0.3) is 0 Å². The molecule has 1 aliphatic rings. The molecule has 132 valence electrons. The van der Waals surface area contributed by atoms with Crippen molar-refractivity contribution in [2.24, 2.45) is 0 Å². The molecule has 0 atom stereocenters. The van der Waals surface area contributed by atoms with Crippen LogP contribution in [0.4, 0.5) is 17.3 Å². The van der Waals surface area contributed by atoms with Crippen molar-refractivity contribution in [3.63, 3.8) is 0 Å². The molecule has 0 spiro atoms. The molecule has 8 nitrogen and oxygen atoms in total. The summed E-state index contributed by atoms with van der Waals surface area (Å²) in [5.41, 5.74) is 1.54. The fraction of sp³-hybridized carbons (Fsp3) is 0.333. The van der Waals surface area contributed by atoms with Gasteiger partial charge in [0.1, 0.15) is 13.2 Å². The second kappa shape index (κ2) is 8.28. The summed E-state index contributed by atoms with van der Waals surface area (Å²) < 4.78 is 10.4. The molecule has 3 rings (SSSR count). The molecule has 2 aromatic rings. The number of hydrogen-bond donors (Lipinski definition) is 1. The third kappa shape index (κ3) is 4.68. The van der Waals surface area contributed by atoms with E-state index in [0.29, 0.717) is 19.0 Å². The van der Waals surface area contributed by atoms with Crippen molar-refractivity contribution in [2.75, 3.05) is 42.5 Å². The third-order valence-electron chi connectivity index (χ3n) is 3.32. The van der Waals surface area contributed by atoms with Crippen molar-refractivity contribution in [2.45, 2.75) is 0 Å². The van der Waals surface area contributed by atoms with Crippen molar-refractivity contribution < 1.29 is 14.3 Å². The van der Waals surface area contributed by atoms with Crippen LogP contribution in [0.2, 0.25) is 5.28 Å². The van der Waals surface area contributed by atoms with Crippen molar-refractivity contribution in [1.82, 2.24) is 15.0 Å². The minimum atomic E-state index is -0.0581. The lowest BCUT2D eigenvalue weighted by molar-refractivity contribution is -0.125. The largest absolute Gasteiger partial charge is 0.462 e. The van der Waals surface area contributed by atoms with E-state index >= 15 is 0 Å². The highest BCUT2D eigenvalue weighted by Crippen LogP contribution is 2.22.